The molecule has 2 aliphatic rings. The van der Waals surface area contributed by atoms with E-state index in [1.54, 1.807) is 0 Å². The molecule has 1 saturated heterocycles. The molecule has 0 aliphatic carbocycles. The third kappa shape index (κ3) is 2.20. The Morgan fingerprint density at radius 2 is 1.88 bits per heavy atom. The number of nitrogens with zero attached hydrogens (tertiary/aromatic N) is 1. The topological polar surface area (TPSA) is 21.6 Å². The van der Waals surface area contributed by atoms with Crippen LogP contribution in [0.4, 0.5) is 0 Å². The summed E-state index contributed by atoms with van der Waals surface area (Å²) in [4.78, 5) is 5.51. The van der Waals surface area contributed by atoms with E-state index < -0.39 is 0 Å². The van der Waals surface area contributed by atoms with Crippen LogP contribution in [0, 0.1) is 5.92 Å². The number of thioether (sulfide) groups is 2. The molecular formula is C13H15NOS2. The highest BCUT2D eigenvalue weighted by Gasteiger charge is 2.40. The van der Waals surface area contributed by atoms with E-state index in [0.717, 1.165) is 5.71 Å². The van der Waals surface area contributed by atoms with Crippen LogP contribution in [0.1, 0.15) is 12.5 Å². The zero-order chi connectivity index (χ0) is 11.7. The maximum absolute atomic E-state index is 5.51. The number of hydrogen-bond acceptors (Lipinski definition) is 4. The van der Waals surface area contributed by atoms with Crippen molar-refractivity contribution in [2.24, 2.45) is 11.1 Å². The monoisotopic (exact) mass is 265 g/mol. The van der Waals surface area contributed by atoms with Crippen LogP contribution < -0.4 is 0 Å². The largest absolute Gasteiger partial charge is 0.392 e. The van der Waals surface area contributed by atoms with Gasteiger partial charge in [-0.05, 0) is 12.5 Å². The summed E-state index contributed by atoms with van der Waals surface area (Å²) < 4.78 is 0.603. The van der Waals surface area contributed by atoms with E-state index in [4.69, 9.17) is 4.84 Å². The summed E-state index contributed by atoms with van der Waals surface area (Å²) in [5, 5.41) is 4.30. The lowest BCUT2D eigenvalue weighted by molar-refractivity contribution is 0.0795. The normalized spacial score (nSPS) is 29.1. The zero-order valence-corrected chi connectivity index (χ0v) is 11.3. The van der Waals surface area contributed by atoms with Crippen LogP contribution in [-0.4, -0.2) is 27.9 Å². The molecule has 0 amide bonds. The van der Waals surface area contributed by atoms with Crippen molar-refractivity contribution in [2.45, 2.75) is 17.6 Å². The molecule has 1 fully saturated rings. The van der Waals surface area contributed by atoms with Crippen LogP contribution in [0.2, 0.25) is 0 Å². The lowest BCUT2D eigenvalue weighted by Crippen LogP contribution is -2.28. The van der Waals surface area contributed by atoms with Gasteiger partial charge in [-0.1, -0.05) is 35.5 Å². The van der Waals surface area contributed by atoms with Gasteiger partial charge in [0.1, 0.15) is 6.10 Å². The Hall–Kier alpha value is -0.610. The smallest absolute Gasteiger partial charge is 0.135 e. The summed E-state index contributed by atoms with van der Waals surface area (Å²) in [5.74, 6) is 2.93. The van der Waals surface area contributed by atoms with Crippen molar-refractivity contribution in [3.63, 3.8) is 0 Å². The van der Waals surface area contributed by atoms with Crippen molar-refractivity contribution in [2.75, 3.05) is 11.5 Å². The molecule has 0 N–H and O–H groups in total. The predicted octanol–water partition coefficient (Wildman–Crippen LogP) is 3.23. The van der Waals surface area contributed by atoms with Gasteiger partial charge in [-0.2, -0.15) is 0 Å². The first-order valence-corrected chi connectivity index (χ1v) is 7.98. The molecule has 0 spiro atoms. The van der Waals surface area contributed by atoms with Crippen LogP contribution >= 0.6 is 23.5 Å². The molecule has 90 valence electrons. The van der Waals surface area contributed by atoms with Gasteiger partial charge >= 0.3 is 0 Å². The van der Waals surface area contributed by atoms with Gasteiger partial charge in [-0.3, -0.25) is 0 Å². The second-order valence-corrected chi connectivity index (χ2v) is 7.09. The average Bonchev–Trinajstić information content (AvgIpc) is 2.99. The van der Waals surface area contributed by atoms with Gasteiger partial charge in [0.05, 0.1) is 16.2 Å². The number of oxime groups is 1. The molecule has 0 radical (unpaired) electrons. The number of rotatable bonds is 2. The van der Waals surface area contributed by atoms with Crippen molar-refractivity contribution in [1.82, 2.24) is 0 Å². The number of hydrogen-bond donors (Lipinski definition) is 0. The first-order valence-electron chi connectivity index (χ1n) is 5.88. The molecule has 1 aromatic rings. The lowest BCUT2D eigenvalue weighted by Gasteiger charge is -2.20. The molecule has 2 nitrogen and oxygen atoms in total. The number of benzene rings is 1. The Labute approximate surface area is 110 Å². The predicted molar refractivity (Wildman–Crippen MR) is 75.7 cm³/mol. The molecular weight excluding hydrogens is 250 g/mol. The lowest BCUT2D eigenvalue weighted by atomic mass is 9.95. The molecule has 3 rings (SSSR count). The van der Waals surface area contributed by atoms with E-state index >= 15 is 0 Å². The Kier molecular flexibility index (Phi) is 3.34. The van der Waals surface area contributed by atoms with Gasteiger partial charge < -0.3 is 4.84 Å². The molecule has 17 heavy (non-hydrogen) atoms. The third-order valence-electron chi connectivity index (χ3n) is 3.15. The fraction of sp³-hybridized carbons (Fsp3) is 0.462. The first-order chi connectivity index (χ1) is 8.36. The van der Waals surface area contributed by atoms with Gasteiger partial charge in [0.15, 0.2) is 0 Å². The highest BCUT2D eigenvalue weighted by atomic mass is 32.2. The first kappa shape index (κ1) is 11.5. The fourth-order valence-electron chi connectivity index (χ4n) is 2.28. The van der Waals surface area contributed by atoms with Crippen molar-refractivity contribution in [3.8, 4) is 0 Å². The maximum atomic E-state index is 5.51. The van der Waals surface area contributed by atoms with Crippen LogP contribution in [0.25, 0.3) is 0 Å². The Morgan fingerprint density at radius 1 is 1.18 bits per heavy atom. The van der Waals surface area contributed by atoms with Crippen molar-refractivity contribution in [3.05, 3.63) is 35.9 Å². The summed E-state index contributed by atoms with van der Waals surface area (Å²) >= 11 is 4.09. The van der Waals surface area contributed by atoms with Crippen LogP contribution in [0.15, 0.2) is 35.5 Å². The van der Waals surface area contributed by atoms with E-state index in [1.165, 1.54) is 17.1 Å². The van der Waals surface area contributed by atoms with E-state index in [9.17, 15) is 0 Å². The van der Waals surface area contributed by atoms with E-state index in [1.807, 2.05) is 29.6 Å². The quantitative estimate of drug-likeness (QED) is 0.819. The molecule has 0 saturated carbocycles. The van der Waals surface area contributed by atoms with Crippen LogP contribution in [0.5, 0.6) is 0 Å². The summed E-state index contributed by atoms with van der Waals surface area (Å²) in [6.45, 7) is 2.13. The fourth-order valence-corrected chi connectivity index (χ4v) is 5.59. The minimum atomic E-state index is 0.202. The zero-order valence-electron chi connectivity index (χ0n) is 9.70. The van der Waals surface area contributed by atoms with Gasteiger partial charge in [0, 0.05) is 11.5 Å². The molecule has 0 aromatic heterocycles. The molecule has 2 atom stereocenters. The standard InChI is InChI=1S/C13H15NOS2/c1-9-11(13-16-7-8-17-13)12(14-15-9)10-5-3-2-4-6-10/h2-6,9,11,13H,7-8H2,1H3/t9-,11-/m1/s1. The second-order valence-electron chi connectivity index (χ2n) is 4.29. The van der Waals surface area contributed by atoms with Crippen molar-refractivity contribution in [1.29, 1.82) is 0 Å². The highest BCUT2D eigenvalue weighted by molar-refractivity contribution is 8.20. The van der Waals surface area contributed by atoms with Gasteiger partial charge in [0.25, 0.3) is 0 Å². The Morgan fingerprint density at radius 3 is 2.59 bits per heavy atom. The van der Waals surface area contributed by atoms with Crippen LogP contribution in [0.3, 0.4) is 0 Å². The van der Waals surface area contributed by atoms with Crippen molar-refractivity contribution < 1.29 is 4.84 Å². The highest BCUT2D eigenvalue weighted by Crippen LogP contribution is 2.42. The van der Waals surface area contributed by atoms with E-state index in [2.05, 4.69) is 36.3 Å². The van der Waals surface area contributed by atoms with Gasteiger partial charge in [-0.25, -0.2) is 0 Å². The van der Waals surface area contributed by atoms with Gasteiger partial charge in [-0.15, -0.1) is 23.5 Å². The molecule has 0 unspecified atom stereocenters. The maximum Gasteiger partial charge on any atom is 0.135 e. The SMILES string of the molecule is C[C@H]1ON=C(c2ccccc2)[C@@H]1C1SCCS1. The van der Waals surface area contributed by atoms with E-state index in [-0.39, 0.29) is 6.10 Å². The van der Waals surface area contributed by atoms with Crippen LogP contribution in [-0.2, 0) is 4.84 Å². The van der Waals surface area contributed by atoms with Gasteiger partial charge in [0.2, 0.25) is 0 Å². The summed E-state index contributed by atoms with van der Waals surface area (Å²) in [6.07, 6.45) is 0.202. The molecule has 0 bridgehead atoms. The second kappa shape index (κ2) is 4.94. The summed E-state index contributed by atoms with van der Waals surface area (Å²) in [7, 11) is 0. The molecule has 4 heteroatoms. The Bertz CT molecular complexity index is 415. The molecule has 2 aliphatic heterocycles. The molecule has 1 aromatic carbocycles. The molecule has 2 heterocycles. The van der Waals surface area contributed by atoms with Crippen molar-refractivity contribution >= 4 is 29.2 Å². The minimum absolute atomic E-state index is 0.202. The third-order valence-corrected chi connectivity index (χ3v) is 6.35. The Balaban J connectivity index is 1.88. The average molecular weight is 265 g/mol. The summed E-state index contributed by atoms with van der Waals surface area (Å²) in [5.41, 5.74) is 2.33. The van der Waals surface area contributed by atoms with E-state index in [0.29, 0.717) is 10.5 Å². The minimum Gasteiger partial charge on any atom is -0.392 e. The summed E-state index contributed by atoms with van der Waals surface area (Å²) in [6, 6.07) is 10.4.